The number of nitrogens with one attached hydrogen (secondary N) is 1. The third-order valence-electron chi connectivity index (χ3n) is 5.32. The summed E-state index contributed by atoms with van der Waals surface area (Å²) < 4.78 is 15.8. The molecule has 0 aliphatic carbocycles. The Balaban J connectivity index is 1.50. The zero-order valence-electron chi connectivity index (χ0n) is 19.8. The molecule has 1 aliphatic rings. The van der Waals surface area contributed by atoms with Gasteiger partial charge in [-0.2, -0.15) is 0 Å². The molecule has 9 heteroatoms. The average Bonchev–Trinajstić information content (AvgIpc) is 2.86. The van der Waals surface area contributed by atoms with Crippen LogP contribution in [0.15, 0.2) is 47.4 Å². The highest BCUT2D eigenvalue weighted by atomic mass is 16.5. The summed E-state index contributed by atoms with van der Waals surface area (Å²) in [4.78, 5) is 25.4. The van der Waals surface area contributed by atoms with Gasteiger partial charge in [-0.05, 0) is 55.9 Å². The van der Waals surface area contributed by atoms with Gasteiger partial charge in [-0.25, -0.2) is 9.97 Å². The molecular weight excluding hydrogens is 434 g/mol. The summed E-state index contributed by atoms with van der Waals surface area (Å²) in [5, 5.41) is 3.35. The molecule has 34 heavy (non-hydrogen) atoms. The lowest BCUT2D eigenvalue weighted by Gasteiger charge is -2.17. The predicted molar refractivity (Wildman–Crippen MR) is 131 cm³/mol. The van der Waals surface area contributed by atoms with Crippen LogP contribution in [0.25, 0.3) is 0 Å². The largest absolute Gasteiger partial charge is 0.481 e. The number of pyridine rings is 2. The topological polar surface area (TPSA) is 121 Å². The number of aromatic nitrogens is 2. The van der Waals surface area contributed by atoms with E-state index in [9.17, 15) is 4.79 Å². The van der Waals surface area contributed by atoms with Crippen LogP contribution in [-0.4, -0.2) is 49.0 Å². The Bertz CT molecular complexity index is 991. The first-order valence-corrected chi connectivity index (χ1v) is 11.6. The Hall–Kier alpha value is -3.62. The van der Waals surface area contributed by atoms with Crippen LogP contribution in [0.4, 0.5) is 5.82 Å². The van der Waals surface area contributed by atoms with Crippen molar-refractivity contribution in [2.24, 2.45) is 10.7 Å². The molecule has 0 saturated heterocycles. The molecule has 182 valence electrons. The first kappa shape index (κ1) is 25.0. The Labute approximate surface area is 200 Å². The third-order valence-corrected chi connectivity index (χ3v) is 5.32. The van der Waals surface area contributed by atoms with Crippen LogP contribution in [0.2, 0.25) is 0 Å². The highest BCUT2D eigenvalue weighted by Crippen LogP contribution is 2.23. The quantitative estimate of drug-likeness (QED) is 0.211. The smallest absolute Gasteiger partial charge is 0.308 e. The van der Waals surface area contributed by atoms with Gasteiger partial charge in [0, 0.05) is 36.8 Å². The maximum Gasteiger partial charge on any atom is 0.308 e. The average molecular weight is 468 g/mol. The Kier molecular flexibility index (Phi) is 9.69. The van der Waals surface area contributed by atoms with Gasteiger partial charge in [0.2, 0.25) is 5.88 Å². The molecule has 0 saturated carbocycles. The van der Waals surface area contributed by atoms with E-state index in [1.54, 1.807) is 38.6 Å². The van der Waals surface area contributed by atoms with E-state index in [0.29, 0.717) is 19.1 Å². The predicted octanol–water partition coefficient (Wildman–Crippen LogP) is 3.36. The van der Waals surface area contributed by atoms with E-state index >= 15 is 0 Å². The van der Waals surface area contributed by atoms with Crippen molar-refractivity contribution in [1.82, 2.24) is 9.97 Å². The van der Waals surface area contributed by atoms with Crippen molar-refractivity contribution >= 4 is 18.0 Å². The van der Waals surface area contributed by atoms with Gasteiger partial charge in [-0.15, -0.1) is 0 Å². The zero-order chi connectivity index (χ0) is 24.2. The molecule has 0 spiro atoms. The summed E-state index contributed by atoms with van der Waals surface area (Å²) in [6, 6.07) is 7.32. The number of carbonyl (C=O) groups is 1. The Morgan fingerprint density at radius 2 is 2.18 bits per heavy atom. The summed E-state index contributed by atoms with van der Waals surface area (Å²) in [5.41, 5.74) is 9.05. The monoisotopic (exact) mass is 467 g/mol. The summed E-state index contributed by atoms with van der Waals surface area (Å²) in [7, 11) is 1.55. The minimum absolute atomic E-state index is 0.0928. The van der Waals surface area contributed by atoms with Crippen LogP contribution in [-0.2, 0) is 27.1 Å². The standard InChI is InChI=1S/C25H33N5O4/c1-3-33-24(31)16-21(19-9-11-23(32-2)29-17-19)27-14-12-22(26)34-15-5-7-20-10-8-18-6-4-13-28-25(18)30-20/h8-12,14,17,21H,3-7,13,15-16,26H2,1-2H3,(H,28,30). The second kappa shape index (κ2) is 13.2. The van der Waals surface area contributed by atoms with Crippen molar-refractivity contribution in [3.63, 3.8) is 0 Å². The highest BCUT2D eigenvalue weighted by Gasteiger charge is 2.16. The molecule has 3 rings (SSSR count). The van der Waals surface area contributed by atoms with Gasteiger partial charge in [-0.1, -0.05) is 6.07 Å². The zero-order valence-corrected chi connectivity index (χ0v) is 19.8. The van der Waals surface area contributed by atoms with Crippen molar-refractivity contribution in [1.29, 1.82) is 0 Å². The minimum Gasteiger partial charge on any atom is -0.481 e. The number of aryl methyl sites for hydroxylation is 2. The number of methoxy groups -OCH3 is 1. The van der Waals surface area contributed by atoms with Crippen LogP contribution < -0.4 is 15.8 Å². The van der Waals surface area contributed by atoms with E-state index in [0.717, 1.165) is 49.3 Å². The number of ether oxygens (including phenoxy) is 3. The molecule has 3 heterocycles. The maximum atomic E-state index is 12.0. The number of nitrogens with zero attached hydrogens (tertiary/aromatic N) is 3. The van der Waals surface area contributed by atoms with E-state index in [2.05, 4.69) is 27.4 Å². The minimum atomic E-state index is -0.454. The van der Waals surface area contributed by atoms with Gasteiger partial charge in [0.05, 0.1) is 32.8 Å². The first-order valence-electron chi connectivity index (χ1n) is 11.6. The number of fused-ring (bicyclic) bond motifs is 1. The highest BCUT2D eigenvalue weighted by molar-refractivity contribution is 5.74. The first-order chi connectivity index (χ1) is 16.6. The molecule has 0 radical (unpaired) electrons. The van der Waals surface area contributed by atoms with Crippen LogP contribution in [0, 0.1) is 0 Å². The van der Waals surface area contributed by atoms with Gasteiger partial charge in [-0.3, -0.25) is 9.79 Å². The van der Waals surface area contributed by atoms with Crippen LogP contribution in [0.3, 0.4) is 0 Å². The number of rotatable bonds is 12. The van der Waals surface area contributed by atoms with Crippen molar-refractivity contribution in [3.05, 3.63) is 59.2 Å². The summed E-state index contributed by atoms with van der Waals surface area (Å²) in [6.07, 6.45) is 8.68. The molecule has 0 bridgehead atoms. The van der Waals surface area contributed by atoms with E-state index in [-0.39, 0.29) is 18.3 Å². The van der Waals surface area contributed by atoms with Crippen molar-refractivity contribution in [3.8, 4) is 5.88 Å². The molecule has 3 N–H and O–H groups in total. The number of carbonyl (C=O) groups excluding carboxylic acids is 1. The molecule has 1 unspecified atom stereocenters. The van der Waals surface area contributed by atoms with Gasteiger partial charge in [0.1, 0.15) is 5.82 Å². The maximum absolute atomic E-state index is 12.0. The van der Waals surface area contributed by atoms with E-state index < -0.39 is 6.04 Å². The second-order valence-electron chi connectivity index (χ2n) is 7.82. The molecular formula is C25H33N5O4. The molecule has 0 aromatic carbocycles. The second-order valence-corrected chi connectivity index (χ2v) is 7.82. The number of nitrogens with two attached hydrogens (primary N) is 1. The van der Waals surface area contributed by atoms with Crippen LogP contribution in [0.5, 0.6) is 5.88 Å². The number of hydrogen-bond donors (Lipinski definition) is 2. The number of allylic oxidation sites excluding steroid dienone is 1. The Morgan fingerprint density at radius 3 is 2.94 bits per heavy atom. The van der Waals surface area contributed by atoms with Gasteiger partial charge in [0.15, 0.2) is 5.88 Å². The lowest BCUT2D eigenvalue weighted by atomic mass is 10.1. The summed E-state index contributed by atoms with van der Waals surface area (Å²) >= 11 is 0. The van der Waals surface area contributed by atoms with E-state index in [1.807, 2.05) is 6.07 Å². The lowest BCUT2D eigenvalue weighted by molar-refractivity contribution is -0.143. The molecule has 1 aliphatic heterocycles. The summed E-state index contributed by atoms with van der Waals surface area (Å²) in [5.74, 6) is 1.41. The molecule has 0 fully saturated rings. The number of aliphatic imine (C=N–C) groups is 1. The molecule has 1 atom stereocenters. The summed E-state index contributed by atoms with van der Waals surface area (Å²) in [6.45, 7) is 3.53. The van der Waals surface area contributed by atoms with E-state index in [4.69, 9.17) is 24.9 Å². The SMILES string of the molecule is CCOC(=O)CC(N=CC=C(N)OCCCc1ccc2c(n1)NCCC2)c1ccc(OC)nc1. The fourth-order valence-electron chi connectivity index (χ4n) is 3.56. The Morgan fingerprint density at radius 1 is 1.29 bits per heavy atom. The van der Waals surface area contributed by atoms with Gasteiger partial charge >= 0.3 is 5.97 Å². The number of anilines is 1. The number of esters is 1. The number of hydrogen-bond acceptors (Lipinski definition) is 9. The van der Waals surface area contributed by atoms with Crippen molar-refractivity contribution < 1.29 is 19.0 Å². The molecule has 0 amide bonds. The van der Waals surface area contributed by atoms with Crippen LogP contribution >= 0.6 is 0 Å². The van der Waals surface area contributed by atoms with Gasteiger partial charge in [0.25, 0.3) is 0 Å². The normalized spacial score (nSPS) is 14.2. The van der Waals surface area contributed by atoms with Crippen LogP contribution in [0.1, 0.15) is 49.0 Å². The fraction of sp³-hybridized carbons (Fsp3) is 0.440. The van der Waals surface area contributed by atoms with E-state index in [1.165, 1.54) is 5.56 Å². The fourth-order valence-corrected chi connectivity index (χ4v) is 3.56. The van der Waals surface area contributed by atoms with Crippen molar-refractivity contribution in [2.45, 2.75) is 45.1 Å². The van der Waals surface area contributed by atoms with Crippen molar-refractivity contribution in [2.75, 3.05) is 32.2 Å². The molecule has 9 nitrogen and oxygen atoms in total. The third kappa shape index (κ3) is 7.75. The van der Waals surface area contributed by atoms with Gasteiger partial charge < -0.3 is 25.3 Å². The lowest BCUT2D eigenvalue weighted by Crippen LogP contribution is -2.14. The molecule has 2 aromatic rings. The molecule has 2 aromatic heterocycles.